The summed E-state index contributed by atoms with van der Waals surface area (Å²) in [4.78, 5) is 0. The highest BCUT2D eigenvalue weighted by Gasteiger charge is 1.85. The van der Waals surface area contributed by atoms with Gasteiger partial charge < -0.3 is 0 Å². The molecule has 0 saturated heterocycles. The Labute approximate surface area is 70.2 Å². The third kappa shape index (κ3) is 12.5. The van der Waals surface area contributed by atoms with E-state index in [1.54, 1.807) is 6.20 Å². The topological polar surface area (TPSA) is 36.2 Å². The quantitative estimate of drug-likeness (QED) is 0.594. The van der Waals surface area contributed by atoms with Gasteiger partial charge in [-0.3, -0.25) is 0 Å². The molecule has 0 unspecified atom stereocenters. The van der Waals surface area contributed by atoms with Crippen LogP contribution in [0.25, 0.3) is 0 Å². The van der Waals surface area contributed by atoms with Crippen molar-refractivity contribution in [1.82, 2.24) is 0 Å². The molecule has 2 heteroatoms. The molecule has 11 heavy (non-hydrogen) atoms. The Morgan fingerprint density at radius 3 is 2.36 bits per heavy atom. The first-order valence-electron chi connectivity index (χ1n) is 4.33. The minimum atomic E-state index is 1.08. The molecule has 2 nitrogen and oxygen atoms in total. The van der Waals surface area contributed by atoms with E-state index in [0.717, 1.165) is 6.42 Å². The van der Waals surface area contributed by atoms with Crippen LogP contribution in [0.5, 0.6) is 0 Å². The first kappa shape index (κ1) is 13.0. The molecule has 0 radical (unpaired) electrons. The average Bonchev–Trinajstić information content (AvgIpc) is 2.05. The number of allylic oxidation sites excluding steroid dienone is 1. The third-order valence-electron chi connectivity index (χ3n) is 1.21. The fourth-order valence-corrected chi connectivity index (χ4v) is 0.630. The van der Waals surface area contributed by atoms with Crippen molar-refractivity contribution in [3.63, 3.8) is 0 Å². The fraction of sp³-hybridized carbons (Fsp3) is 0.778. The van der Waals surface area contributed by atoms with Gasteiger partial charge in [0.25, 0.3) is 0 Å². The largest absolute Gasteiger partial charge is 0.205 e. The summed E-state index contributed by atoms with van der Waals surface area (Å²) < 4.78 is 0. The van der Waals surface area contributed by atoms with E-state index in [4.69, 9.17) is 5.53 Å². The summed E-state index contributed by atoms with van der Waals surface area (Å²) in [5.41, 5.74) is 7.72. The molecule has 0 aliphatic rings. The van der Waals surface area contributed by atoms with E-state index >= 15 is 0 Å². The molecule has 0 amide bonds. The molecule has 0 aromatic heterocycles. The predicted octanol–water partition coefficient (Wildman–Crippen LogP) is 4.14. The minimum Gasteiger partial charge on any atom is -0.205 e. The van der Waals surface area contributed by atoms with Gasteiger partial charge in [0.1, 0.15) is 0 Å². The van der Waals surface area contributed by atoms with Gasteiger partial charge in [0.05, 0.1) is 0 Å². The summed E-state index contributed by atoms with van der Waals surface area (Å²) in [6, 6.07) is 0. The molecule has 0 aromatic rings. The summed E-state index contributed by atoms with van der Waals surface area (Å²) in [6.07, 6.45) is 5.11. The van der Waals surface area contributed by atoms with Crippen LogP contribution in [0.2, 0.25) is 0 Å². The van der Waals surface area contributed by atoms with Crippen LogP contribution >= 0.6 is 0 Å². The summed E-state index contributed by atoms with van der Waals surface area (Å²) in [7, 11) is 0. The molecule has 0 fully saturated rings. The molecule has 1 N–H and O–H groups in total. The maximum atomic E-state index is 6.52. The Kier molecular flexibility index (Phi) is 14.2. The van der Waals surface area contributed by atoms with Gasteiger partial charge in [-0.2, -0.15) is 5.11 Å². The lowest BCUT2D eigenvalue weighted by Crippen LogP contribution is -1.74. The second kappa shape index (κ2) is 12.1. The van der Waals surface area contributed by atoms with Crippen LogP contribution in [0, 0.1) is 5.53 Å². The molecule has 0 spiro atoms. The number of hydrogen-bond donors (Lipinski definition) is 1. The van der Waals surface area contributed by atoms with Gasteiger partial charge in [0.2, 0.25) is 0 Å². The van der Waals surface area contributed by atoms with Crippen molar-refractivity contribution in [2.45, 2.75) is 47.0 Å². The Hall–Kier alpha value is -0.660. The fourth-order valence-electron chi connectivity index (χ4n) is 0.630. The highest BCUT2D eigenvalue weighted by molar-refractivity contribution is 4.94. The third-order valence-corrected chi connectivity index (χ3v) is 1.21. The van der Waals surface area contributed by atoms with Crippen molar-refractivity contribution in [3.05, 3.63) is 11.8 Å². The first-order valence-corrected chi connectivity index (χ1v) is 4.33. The van der Waals surface area contributed by atoms with Gasteiger partial charge in [-0.25, -0.2) is 5.53 Å². The van der Waals surface area contributed by atoms with Gasteiger partial charge in [0, 0.05) is 6.20 Å². The van der Waals surface area contributed by atoms with E-state index in [0.29, 0.717) is 0 Å². The molecular formula is C9H20N2. The van der Waals surface area contributed by atoms with E-state index in [1.165, 1.54) is 18.4 Å². The van der Waals surface area contributed by atoms with Gasteiger partial charge in [-0.05, 0) is 19.8 Å². The first-order chi connectivity index (χ1) is 5.31. The summed E-state index contributed by atoms with van der Waals surface area (Å²) >= 11 is 0. The van der Waals surface area contributed by atoms with Crippen LogP contribution in [-0.2, 0) is 0 Å². The average molecular weight is 156 g/mol. The highest BCUT2D eigenvalue weighted by Crippen LogP contribution is 2.05. The maximum Gasteiger partial charge on any atom is 0.0477 e. The molecule has 0 rings (SSSR count). The Morgan fingerprint density at radius 1 is 1.45 bits per heavy atom. The number of hydrogen-bond acceptors (Lipinski definition) is 2. The van der Waals surface area contributed by atoms with Gasteiger partial charge in [-0.1, -0.05) is 32.8 Å². The monoisotopic (exact) mass is 156 g/mol. The second-order valence-electron chi connectivity index (χ2n) is 2.21. The van der Waals surface area contributed by atoms with Crippen molar-refractivity contribution in [3.8, 4) is 0 Å². The molecule has 0 bridgehead atoms. The van der Waals surface area contributed by atoms with Crippen LogP contribution in [-0.4, -0.2) is 0 Å². The molecule has 0 heterocycles. The smallest absolute Gasteiger partial charge is 0.0477 e. The van der Waals surface area contributed by atoms with Crippen molar-refractivity contribution in [2.24, 2.45) is 5.11 Å². The molecule has 0 aromatic carbocycles. The van der Waals surface area contributed by atoms with Crippen LogP contribution < -0.4 is 0 Å². The van der Waals surface area contributed by atoms with E-state index in [2.05, 4.69) is 12.0 Å². The van der Waals surface area contributed by atoms with Crippen LogP contribution in [0.1, 0.15) is 47.0 Å². The van der Waals surface area contributed by atoms with Crippen molar-refractivity contribution < 1.29 is 0 Å². The van der Waals surface area contributed by atoms with Crippen molar-refractivity contribution in [1.29, 1.82) is 5.53 Å². The lowest BCUT2D eigenvalue weighted by molar-refractivity contribution is 0.784. The Balaban J connectivity index is 0. The summed E-state index contributed by atoms with van der Waals surface area (Å²) in [6.45, 7) is 8.17. The summed E-state index contributed by atoms with van der Waals surface area (Å²) in [5, 5.41) is 3.18. The van der Waals surface area contributed by atoms with Crippen molar-refractivity contribution >= 4 is 0 Å². The molecule has 0 atom stereocenters. The lowest BCUT2D eigenvalue weighted by Gasteiger charge is -1.93. The van der Waals surface area contributed by atoms with Crippen LogP contribution in [0.15, 0.2) is 16.9 Å². The maximum absolute atomic E-state index is 6.52. The molecule has 0 aliphatic carbocycles. The lowest BCUT2D eigenvalue weighted by atomic mass is 10.1. The zero-order chi connectivity index (χ0) is 9.11. The zero-order valence-electron chi connectivity index (χ0n) is 8.15. The van der Waals surface area contributed by atoms with Crippen LogP contribution in [0.3, 0.4) is 0 Å². The predicted molar refractivity (Wildman–Crippen MR) is 49.8 cm³/mol. The molecular weight excluding hydrogens is 136 g/mol. The van der Waals surface area contributed by atoms with Crippen LogP contribution in [0.4, 0.5) is 0 Å². The number of rotatable bonds is 4. The van der Waals surface area contributed by atoms with Gasteiger partial charge >= 0.3 is 0 Å². The number of nitrogens with one attached hydrogen (secondary N) is 1. The van der Waals surface area contributed by atoms with Crippen molar-refractivity contribution in [2.75, 3.05) is 0 Å². The van der Waals surface area contributed by atoms with Gasteiger partial charge in [0.15, 0.2) is 0 Å². The number of unbranched alkanes of at least 4 members (excludes halogenated alkanes) is 1. The molecule has 66 valence electrons. The SMILES string of the molecule is CC.CCCC/C(C)=C/N=N. The normalized spacial score (nSPS) is 10.0. The molecule has 0 aliphatic heterocycles. The Morgan fingerprint density at radius 2 is 2.00 bits per heavy atom. The molecule has 0 saturated carbocycles. The standard InChI is InChI=1S/C7H14N2.C2H6/c1-3-4-5-7(2)6-9-8;1-2/h6,8H,3-5H2,1-2H3;1-2H3/b7-6+,9-8?;. The zero-order valence-corrected chi connectivity index (χ0v) is 8.15. The van der Waals surface area contributed by atoms with E-state index in [1.807, 2.05) is 20.8 Å². The summed E-state index contributed by atoms with van der Waals surface area (Å²) in [5.74, 6) is 0. The van der Waals surface area contributed by atoms with Gasteiger partial charge in [-0.15, -0.1) is 0 Å². The van der Waals surface area contributed by atoms with E-state index in [9.17, 15) is 0 Å². The number of nitrogens with zero attached hydrogens (tertiary/aromatic N) is 1. The van der Waals surface area contributed by atoms with E-state index in [-0.39, 0.29) is 0 Å². The van der Waals surface area contributed by atoms with E-state index < -0.39 is 0 Å². The highest BCUT2D eigenvalue weighted by atomic mass is 14.9. The second-order valence-corrected chi connectivity index (χ2v) is 2.21. The Bertz CT molecular complexity index is 106. The minimum absolute atomic E-state index is 1.08.